The molecule has 2 aliphatic heterocycles. The molecule has 0 saturated carbocycles. The molecule has 10 atom stereocenters. The van der Waals surface area contributed by atoms with Gasteiger partial charge in [-0.15, -0.1) is 0 Å². The Kier molecular flexibility index (Phi) is 6.66. The molecule has 2 heterocycles. The Labute approximate surface area is 141 Å². The number of aliphatic hydroxyl groups excluding tert-OH is 7. The van der Waals surface area contributed by atoms with Crippen molar-refractivity contribution in [3.63, 3.8) is 0 Å². The lowest BCUT2D eigenvalue weighted by Gasteiger charge is -2.47. The Balaban J connectivity index is 2.17. The van der Waals surface area contributed by atoms with Gasteiger partial charge in [-0.1, -0.05) is 0 Å². The van der Waals surface area contributed by atoms with Crippen LogP contribution in [0.5, 0.6) is 0 Å². The number of hydrogen-bond acceptors (Lipinski definition) is 13. The lowest BCUT2D eigenvalue weighted by Crippen LogP contribution is -2.69. The predicted molar refractivity (Wildman–Crippen MR) is 72.8 cm³/mol. The fourth-order valence-corrected chi connectivity index (χ4v) is 2.71. The Bertz CT molecular complexity index is 438. The Morgan fingerprint density at radius 1 is 0.880 bits per heavy atom. The van der Waals surface area contributed by atoms with E-state index in [1.165, 1.54) is 0 Å². The van der Waals surface area contributed by atoms with E-state index >= 15 is 0 Å². The van der Waals surface area contributed by atoms with Crippen LogP contribution in [0.4, 0.5) is 0 Å². The van der Waals surface area contributed by atoms with Crippen LogP contribution in [0.1, 0.15) is 0 Å². The van der Waals surface area contributed by atoms with E-state index in [0.29, 0.717) is 0 Å². The maximum atomic E-state index is 10.1. The second-order valence-electron chi connectivity index (χ2n) is 5.82. The number of ether oxygens (including phenoxy) is 3. The van der Waals surface area contributed by atoms with Gasteiger partial charge in [0.05, 0.1) is 13.2 Å². The monoisotopic (exact) mass is 373 g/mol. The third-order valence-corrected chi connectivity index (χ3v) is 4.21. The highest BCUT2D eigenvalue weighted by Gasteiger charge is 2.56. The highest BCUT2D eigenvalue weighted by Crippen LogP contribution is 2.32. The number of rotatable bonds is 5. The van der Waals surface area contributed by atoms with Crippen LogP contribution in [0.2, 0.25) is 0 Å². The van der Waals surface area contributed by atoms with Gasteiger partial charge in [-0.3, -0.25) is 0 Å². The summed E-state index contributed by atoms with van der Waals surface area (Å²) in [6.07, 6.45) is -15.1. The minimum Gasteiger partial charge on any atom is -0.394 e. The van der Waals surface area contributed by atoms with Crippen molar-refractivity contribution in [2.75, 3.05) is 13.2 Å². The Morgan fingerprint density at radius 3 is 2.00 bits per heavy atom. The molecule has 10 N–H and O–H groups in total. The summed E-state index contributed by atoms with van der Waals surface area (Å²) in [6, 6.07) is 0. The van der Waals surface area contributed by atoms with Crippen molar-refractivity contribution in [1.29, 1.82) is 0 Å². The number of hydrogen-bond donors (Lipinski definition) is 9. The average molecular weight is 373 g/mol. The van der Waals surface area contributed by atoms with Crippen molar-refractivity contribution in [1.82, 2.24) is 0 Å². The molecule has 0 aliphatic carbocycles. The molecule has 0 bridgehead atoms. The zero-order chi connectivity index (χ0) is 18.9. The van der Waals surface area contributed by atoms with Gasteiger partial charge in [0.2, 0.25) is 0 Å². The molecule has 0 aromatic carbocycles. The summed E-state index contributed by atoms with van der Waals surface area (Å²) in [5, 5.41) is 77.6. The van der Waals surface area contributed by atoms with Crippen molar-refractivity contribution in [2.24, 2.45) is 5.90 Å². The molecule has 0 radical (unpaired) electrons. The molecule has 2 fully saturated rings. The highest BCUT2D eigenvalue weighted by molar-refractivity contribution is 4.95. The summed E-state index contributed by atoms with van der Waals surface area (Å²) in [5.74, 6) is 1.99. The minimum absolute atomic E-state index is 0.707. The topological polar surface area (TPSA) is 225 Å². The standard InChI is InChI=1S/C12H23NO12/c13-25-12(21)10(20)8(19)9(4(2-15)24-12)23-11-7(18)6(17)5(16)3(1-14)22-11/h3-11,14-21H,1-2,13H2/t3-,4-,5+,6+,7-,8+,9-,10-,11+,12?/m1/s1. The smallest absolute Gasteiger partial charge is 0.327 e. The van der Waals surface area contributed by atoms with Gasteiger partial charge in [0.15, 0.2) is 12.4 Å². The fraction of sp³-hybridized carbons (Fsp3) is 1.00. The van der Waals surface area contributed by atoms with Crippen LogP contribution in [0.25, 0.3) is 0 Å². The number of nitrogens with two attached hydrogens (primary N) is 1. The molecule has 13 heteroatoms. The Hall–Kier alpha value is -0.520. The average Bonchev–Trinajstić information content (AvgIpc) is 2.61. The summed E-state index contributed by atoms with van der Waals surface area (Å²) in [5.41, 5.74) is 0. The van der Waals surface area contributed by atoms with Crippen LogP contribution in [-0.2, 0) is 19.0 Å². The van der Waals surface area contributed by atoms with Gasteiger partial charge >= 0.3 is 5.97 Å². The van der Waals surface area contributed by atoms with E-state index in [1.54, 1.807) is 0 Å². The van der Waals surface area contributed by atoms with Crippen LogP contribution >= 0.6 is 0 Å². The third kappa shape index (κ3) is 3.79. The van der Waals surface area contributed by atoms with E-state index in [2.05, 4.69) is 4.84 Å². The Morgan fingerprint density at radius 2 is 1.48 bits per heavy atom. The summed E-state index contributed by atoms with van der Waals surface area (Å²) < 4.78 is 15.2. The molecule has 0 spiro atoms. The second-order valence-corrected chi connectivity index (χ2v) is 5.82. The summed E-state index contributed by atoms with van der Waals surface area (Å²) in [7, 11) is 0. The maximum Gasteiger partial charge on any atom is 0.327 e. The first kappa shape index (κ1) is 20.8. The van der Waals surface area contributed by atoms with E-state index in [0.717, 1.165) is 0 Å². The van der Waals surface area contributed by atoms with Crippen LogP contribution in [-0.4, -0.2) is 115 Å². The quantitative estimate of drug-likeness (QED) is 0.162. The van der Waals surface area contributed by atoms with Crippen LogP contribution in [0.3, 0.4) is 0 Å². The van der Waals surface area contributed by atoms with Crippen LogP contribution in [0, 0.1) is 0 Å². The zero-order valence-electron chi connectivity index (χ0n) is 12.9. The van der Waals surface area contributed by atoms with Gasteiger partial charge in [0, 0.05) is 0 Å². The van der Waals surface area contributed by atoms with Gasteiger partial charge in [-0.05, 0) is 0 Å². The van der Waals surface area contributed by atoms with E-state index in [1.807, 2.05) is 0 Å². The number of aliphatic hydroxyl groups is 8. The van der Waals surface area contributed by atoms with Gasteiger partial charge in [-0.25, -0.2) is 10.7 Å². The van der Waals surface area contributed by atoms with Gasteiger partial charge in [-0.2, -0.15) is 0 Å². The first-order valence-electron chi connectivity index (χ1n) is 7.41. The molecule has 2 rings (SSSR count). The van der Waals surface area contributed by atoms with Gasteiger partial charge in [0.25, 0.3) is 0 Å². The summed E-state index contributed by atoms with van der Waals surface area (Å²) >= 11 is 0. The molecular weight excluding hydrogens is 350 g/mol. The first-order chi connectivity index (χ1) is 11.7. The van der Waals surface area contributed by atoms with Crippen molar-refractivity contribution in [3.8, 4) is 0 Å². The van der Waals surface area contributed by atoms with Crippen molar-refractivity contribution < 1.29 is 59.9 Å². The van der Waals surface area contributed by atoms with Gasteiger partial charge < -0.3 is 55.1 Å². The molecule has 0 aromatic rings. The molecule has 2 saturated heterocycles. The molecule has 2 aliphatic rings. The van der Waals surface area contributed by atoms with E-state index in [-0.39, 0.29) is 0 Å². The normalized spacial score (nSPS) is 51.5. The van der Waals surface area contributed by atoms with Crippen LogP contribution in [0.15, 0.2) is 0 Å². The fourth-order valence-electron chi connectivity index (χ4n) is 2.71. The molecule has 0 amide bonds. The SMILES string of the molecule is NOC1(O)O[C@H](CO)[C@@H](O[C@@H]2O[C@H](CO)[C@H](O)[C@H](O)[C@H]2O)[C@H](O)[C@H]1O. The summed E-state index contributed by atoms with van der Waals surface area (Å²) in [6.45, 7) is -1.53. The molecular formula is C12H23NO12. The molecule has 1 unspecified atom stereocenters. The van der Waals surface area contributed by atoms with Crippen molar-refractivity contribution in [3.05, 3.63) is 0 Å². The van der Waals surface area contributed by atoms with E-state index in [9.17, 15) is 35.7 Å². The second kappa shape index (κ2) is 8.01. The maximum absolute atomic E-state index is 10.1. The lowest BCUT2D eigenvalue weighted by molar-refractivity contribution is -0.460. The highest BCUT2D eigenvalue weighted by atomic mass is 16.9. The van der Waals surface area contributed by atoms with Gasteiger partial charge in [0.1, 0.15) is 42.7 Å². The predicted octanol–water partition coefficient (Wildman–Crippen LogP) is -6.18. The summed E-state index contributed by atoms with van der Waals surface area (Å²) in [4.78, 5) is 4.09. The van der Waals surface area contributed by atoms with E-state index in [4.69, 9.17) is 25.2 Å². The third-order valence-electron chi connectivity index (χ3n) is 4.21. The largest absolute Gasteiger partial charge is 0.394 e. The zero-order valence-corrected chi connectivity index (χ0v) is 12.9. The molecule has 13 nitrogen and oxygen atoms in total. The minimum atomic E-state index is -2.82. The van der Waals surface area contributed by atoms with Crippen LogP contribution < -0.4 is 5.90 Å². The van der Waals surface area contributed by atoms with Crippen molar-refractivity contribution >= 4 is 0 Å². The lowest BCUT2D eigenvalue weighted by atomic mass is 9.96. The van der Waals surface area contributed by atoms with Crippen molar-refractivity contribution in [2.45, 2.75) is 61.1 Å². The molecule has 25 heavy (non-hydrogen) atoms. The molecule has 0 aromatic heterocycles. The first-order valence-corrected chi connectivity index (χ1v) is 7.41. The molecule has 148 valence electrons. The van der Waals surface area contributed by atoms with E-state index < -0.39 is 74.3 Å².